The molecule has 0 N–H and O–H groups in total. The summed E-state index contributed by atoms with van der Waals surface area (Å²) in [5, 5.41) is 0. The first-order valence-electron chi connectivity index (χ1n) is 9.35. The highest BCUT2D eigenvalue weighted by atomic mass is 19.1. The summed E-state index contributed by atoms with van der Waals surface area (Å²) in [6, 6.07) is 13.9. The molecular weight excluding hydrogens is 357 g/mol. The number of esters is 1. The van der Waals surface area contributed by atoms with E-state index in [-0.39, 0.29) is 24.1 Å². The van der Waals surface area contributed by atoms with E-state index in [4.69, 9.17) is 4.74 Å². The van der Waals surface area contributed by atoms with E-state index in [9.17, 15) is 14.0 Å². The number of ether oxygens (including phenoxy) is 1. The lowest BCUT2D eigenvalue weighted by molar-refractivity contribution is -0.151. The molecule has 0 fully saturated rings. The molecule has 146 valence electrons. The zero-order chi connectivity index (χ0) is 20.3. The maximum atomic E-state index is 13.3. The molecule has 1 aliphatic carbocycles. The van der Waals surface area contributed by atoms with Gasteiger partial charge in [0.2, 0.25) is 0 Å². The molecule has 0 saturated carbocycles. The van der Waals surface area contributed by atoms with Crippen LogP contribution in [0.15, 0.2) is 54.6 Å². The van der Waals surface area contributed by atoms with Crippen molar-refractivity contribution < 1.29 is 18.7 Å². The molecular formula is C23H24FNO3. The molecule has 0 bridgehead atoms. The van der Waals surface area contributed by atoms with Crippen LogP contribution >= 0.6 is 0 Å². The normalized spacial score (nSPS) is 19.1. The first kappa shape index (κ1) is 19.8. The average molecular weight is 381 g/mol. The molecule has 2 aromatic carbocycles. The maximum absolute atomic E-state index is 13.3. The van der Waals surface area contributed by atoms with Gasteiger partial charge in [-0.15, -0.1) is 0 Å². The van der Waals surface area contributed by atoms with Gasteiger partial charge in [0.1, 0.15) is 11.7 Å². The molecule has 0 unspecified atom stereocenters. The fourth-order valence-corrected chi connectivity index (χ4v) is 3.58. The number of nitrogens with zero attached hydrogens (tertiary/aromatic N) is 1. The predicted octanol–water partition coefficient (Wildman–Crippen LogP) is 4.21. The number of halogens is 1. The summed E-state index contributed by atoms with van der Waals surface area (Å²) in [6.07, 6.45) is 2.00. The van der Waals surface area contributed by atoms with Gasteiger partial charge in [-0.05, 0) is 60.4 Å². The Morgan fingerprint density at radius 2 is 1.75 bits per heavy atom. The Bertz CT molecular complexity index is 885. The topological polar surface area (TPSA) is 46.6 Å². The Morgan fingerprint density at radius 3 is 2.32 bits per heavy atom. The van der Waals surface area contributed by atoms with Crippen molar-refractivity contribution in [2.75, 3.05) is 25.6 Å². The van der Waals surface area contributed by atoms with E-state index in [0.29, 0.717) is 6.42 Å². The van der Waals surface area contributed by atoms with Crippen molar-refractivity contribution in [2.24, 2.45) is 5.92 Å². The minimum absolute atomic E-state index is 0.226. The number of hydrogen-bond acceptors (Lipinski definition) is 4. The number of ketones is 1. The molecule has 4 nitrogen and oxygen atoms in total. The van der Waals surface area contributed by atoms with Crippen molar-refractivity contribution in [3.8, 4) is 0 Å². The lowest BCUT2D eigenvalue weighted by Crippen LogP contribution is -2.34. The summed E-state index contributed by atoms with van der Waals surface area (Å²) in [5.41, 5.74) is 3.52. The second-order valence-corrected chi connectivity index (χ2v) is 7.11. The number of anilines is 1. The minimum atomic E-state index is -0.866. The van der Waals surface area contributed by atoms with Crippen molar-refractivity contribution in [2.45, 2.75) is 19.3 Å². The zero-order valence-corrected chi connectivity index (χ0v) is 16.3. The molecule has 0 amide bonds. The van der Waals surface area contributed by atoms with E-state index < -0.39 is 11.9 Å². The highest BCUT2D eigenvalue weighted by Gasteiger charge is 2.39. The van der Waals surface area contributed by atoms with Gasteiger partial charge in [0.15, 0.2) is 5.78 Å². The number of carbonyl (C=O) groups is 2. The fourth-order valence-electron chi connectivity index (χ4n) is 3.58. The van der Waals surface area contributed by atoms with E-state index in [1.165, 1.54) is 18.2 Å². The molecule has 0 spiro atoms. The predicted molar refractivity (Wildman–Crippen MR) is 108 cm³/mol. The Hall–Kier alpha value is -2.95. The average Bonchev–Trinajstić information content (AvgIpc) is 2.68. The summed E-state index contributed by atoms with van der Waals surface area (Å²) >= 11 is 0. The van der Waals surface area contributed by atoms with Gasteiger partial charge in [0.25, 0.3) is 0 Å². The van der Waals surface area contributed by atoms with Crippen molar-refractivity contribution in [1.29, 1.82) is 0 Å². The third-order valence-corrected chi connectivity index (χ3v) is 5.06. The van der Waals surface area contributed by atoms with Crippen LogP contribution in [0.25, 0.3) is 5.57 Å². The Morgan fingerprint density at radius 1 is 1.11 bits per heavy atom. The van der Waals surface area contributed by atoms with Crippen LogP contribution < -0.4 is 4.90 Å². The largest absolute Gasteiger partial charge is 0.465 e. The van der Waals surface area contributed by atoms with Crippen molar-refractivity contribution in [3.05, 3.63) is 71.6 Å². The van der Waals surface area contributed by atoms with Gasteiger partial charge in [-0.2, -0.15) is 0 Å². The number of hydrogen-bond donors (Lipinski definition) is 0. The van der Waals surface area contributed by atoms with E-state index in [1.807, 2.05) is 43.3 Å². The monoisotopic (exact) mass is 381 g/mol. The molecule has 28 heavy (non-hydrogen) atoms. The van der Waals surface area contributed by atoms with E-state index in [1.54, 1.807) is 19.1 Å². The Kier molecular flexibility index (Phi) is 5.93. The standard InChI is InChI=1S/C23H24FNO3/c1-4-28-23(27)22-20(16-7-11-19(12-8-16)25(2)3)13-17(14-21(22)26)15-5-9-18(24)10-6-15/h5-12,14,20,22H,4,13H2,1-3H3/t20-,22+/m1/s1. The zero-order valence-electron chi connectivity index (χ0n) is 16.3. The molecule has 0 heterocycles. The molecule has 5 heteroatoms. The van der Waals surface area contributed by atoms with Gasteiger partial charge in [-0.3, -0.25) is 9.59 Å². The number of allylic oxidation sites excluding steroid dienone is 2. The SMILES string of the molecule is CCOC(=O)[C@@H]1C(=O)C=C(c2ccc(F)cc2)C[C@@H]1c1ccc(N(C)C)cc1. The third kappa shape index (κ3) is 4.14. The van der Waals surface area contributed by atoms with Crippen molar-refractivity contribution in [1.82, 2.24) is 0 Å². The maximum Gasteiger partial charge on any atom is 0.317 e. The molecule has 2 atom stereocenters. The first-order chi connectivity index (χ1) is 13.4. The first-order valence-corrected chi connectivity index (χ1v) is 9.35. The molecule has 2 aromatic rings. The number of benzene rings is 2. The van der Waals surface area contributed by atoms with Crippen LogP contribution in [0, 0.1) is 11.7 Å². The van der Waals surface area contributed by atoms with Crippen molar-refractivity contribution in [3.63, 3.8) is 0 Å². The van der Waals surface area contributed by atoms with Crippen LogP contribution in [-0.4, -0.2) is 32.5 Å². The van der Waals surface area contributed by atoms with Gasteiger partial charge in [0.05, 0.1) is 6.61 Å². The summed E-state index contributed by atoms with van der Waals surface area (Å²) in [7, 11) is 3.91. The van der Waals surface area contributed by atoms with Gasteiger partial charge in [-0.1, -0.05) is 24.3 Å². The second kappa shape index (κ2) is 8.38. The van der Waals surface area contributed by atoms with Gasteiger partial charge >= 0.3 is 5.97 Å². The van der Waals surface area contributed by atoms with Gasteiger partial charge in [-0.25, -0.2) is 4.39 Å². The summed E-state index contributed by atoms with van der Waals surface area (Å²) in [5.74, 6) is -2.29. The highest BCUT2D eigenvalue weighted by molar-refractivity contribution is 6.10. The lowest BCUT2D eigenvalue weighted by atomic mass is 9.73. The molecule has 0 saturated heterocycles. The van der Waals surface area contributed by atoms with E-state index >= 15 is 0 Å². The molecule has 0 aromatic heterocycles. The summed E-state index contributed by atoms with van der Waals surface area (Å²) in [6.45, 7) is 1.95. The van der Waals surface area contributed by atoms with Crippen LogP contribution in [0.3, 0.4) is 0 Å². The highest BCUT2D eigenvalue weighted by Crippen LogP contribution is 2.40. The van der Waals surface area contributed by atoms with Gasteiger partial charge < -0.3 is 9.64 Å². The van der Waals surface area contributed by atoms with Gasteiger partial charge in [0, 0.05) is 25.7 Å². The van der Waals surface area contributed by atoms with Crippen LogP contribution in [0.5, 0.6) is 0 Å². The van der Waals surface area contributed by atoms with Crippen LogP contribution in [0.2, 0.25) is 0 Å². The summed E-state index contributed by atoms with van der Waals surface area (Å²) in [4.78, 5) is 27.4. The summed E-state index contributed by atoms with van der Waals surface area (Å²) < 4.78 is 18.5. The van der Waals surface area contributed by atoms with Crippen LogP contribution in [0.4, 0.5) is 10.1 Å². The quantitative estimate of drug-likeness (QED) is 0.575. The van der Waals surface area contributed by atoms with E-state index in [2.05, 4.69) is 0 Å². The number of carbonyl (C=O) groups excluding carboxylic acids is 2. The lowest BCUT2D eigenvalue weighted by Gasteiger charge is -2.30. The molecule has 3 rings (SSSR count). The molecule has 0 radical (unpaired) electrons. The smallest absolute Gasteiger partial charge is 0.317 e. The Labute approximate surface area is 164 Å². The van der Waals surface area contributed by atoms with Crippen LogP contribution in [-0.2, 0) is 14.3 Å². The molecule has 0 aliphatic heterocycles. The molecule has 1 aliphatic rings. The third-order valence-electron chi connectivity index (χ3n) is 5.06. The van der Waals surface area contributed by atoms with E-state index in [0.717, 1.165) is 22.4 Å². The second-order valence-electron chi connectivity index (χ2n) is 7.11. The fraction of sp³-hybridized carbons (Fsp3) is 0.304. The van der Waals surface area contributed by atoms with Crippen LogP contribution in [0.1, 0.15) is 30.4 Å². The number of rotatable bonds is 5. The Balaban J connectivity index is 1.99. The minimum Gasteiger partial charge on any atom is -0.465 e. The van der Waals surface area contributed by atoms with Crippen molar-refractivity contribution >= 4 is 23.0 Å².